The molecule has 0 aliphatic heterocycles. The van der Waals surface area contributed by atoms with Crippen LogP contribution in [-0.2, 0) is 0 Å². The van der Waals surface area contributed by atoms with E-state index in [1.165, 1.54) is 0 Å². The molecule has 100 valence electrons. The number of aryl methyl sites for hydroxylation is 1. The standard InChI is InChI=1S/C15H12ClN3O/c1-9-5-4-7-11(16)13(9)17-15(20)14-10-6-2-3-8-12(10)18-19-14/h2-8H,1H3,(H,17,20)(H,18,19). The van der Waals surface area contributed by atoms with E-state index in [-0.39, 0.29) is 5.91 Å². The number of hydrogen-bond donors (Lipinski definition) is 2. The lowest BCUT2D eigenvalue weighted by molar-refractivity contribution is 0.102. The number of carbonyl (C=O) groups is 1. The fourth-order valence-corrected chi connectivity index (χ4v) is 2.37. The van der Waals surface area contributed by atoms with Crippen LogP contribution >= 0.6 is 11.6 Å². The first-order valence-corrected chi connectivity index (χ1v) is 6.54. The van der Waals surface area contributed by atoms with E-state index in [0.29, 0.717) is 16.4 Å². The number of rotatable bonds is 2. The van der Waals surface area contributed by atoms with Gasteiger partial charge in [0.25, 0.3) is 5.91 Å². The summed E-state index contributed by atoms with van der Waals surface area (Å²) in [6, 6.07) is 13.0. The summed E-state index contributed by atoms with van der Waals surface area (Å²) in [7, 11) is 0. The van der Waals surface area contributed by atoms with E-state index >= 15 is 0 Å². The number of nitrogens with zero attached hydrogens (tertiary/aromatic N) is 1. The third kappa shape index (κ3) is 2.14. The number of halogens is 1. The van der Waals surface area contributed by atoms with Gasteiger partial charge in [-0.25, -0.2) is 0 Å². The minimum absolute atomic E-state index is 0.279. The van der Waals surface area contributed by atoms with Gasteiger partial charge in [0.15, 0.2) is 5.69 Å². The number of aromatic nitrogens is 2. The van der Waals surface area contributed by atoms with Crippen molar-refractivity contribution in [1.82, 2.24) is 10.2 Å². The van der Waals surface area contributed by atoms with Crippen LogP contribution in [0.2, 0.25) is 5.02 Å². The highest BCUT2D eigenvalue weighted by atomic mass is 35.5. The lowest BCUT2D eigenvalue weighted by Crippen LogP contribution is -2.14. The van der Waals surface area contributed by atoms with E-state index in [9.17, 15) is 4.79 Å². The lowest BCUT2D eigenvalue weighted by Gasteiger charge is -2.09. The Balaban J connectivity index is 1.98. The molecule has 2 N–H and O–H groups in total. The Morgan fingerprint density at radius 1 is 1.20 bits per heavy atom. The molecule has 0 atom stereocenters. The van der Waals surface area contributed by atoms with E-state index in [0.717, 1.165) is 16.5 Å². The Morgan fingerprint density at radius 2 is 2.00 bits per heavy atom. The Morgan fingerprint density at radius 3 is 2.80 bits per heavy atom. The van der Waals surface area contributed by atoms with Gasteiger partial charge in [-0.15, -0.1) is 0 Å². The Kier molecular flexibility index (Phi) is 3.16. The van der Waals surface area contributed by atoms with Crippen LogP contribution in [0, 0.1) is 6.92 Å². The average molecular weight is 286 g/mol. The zero-order valence-corrected chi connectivity index (χ0v) is 11.5. The summed E-state index contributed by atoms with van der Waals surface area (Å²) in [6.07, 6.45) is 0. The second-order valence-electron chi connectivity index (χ2n) is 4.50. The van der Waals surface area contributed by atoms with Crippen molar-refractivity contribution in [3.8, 4) is 0 Å². The molecule has 0 aliphatic rings. The summed E-state index contributed by atoms with van der Waals surface area (Å²) >= 11 is 6.11. The van der Waals surface area contributed by atoms with Crippen molar-refractivity contribution in [2.24, 2.45) is 0 Å². The van der Waals surface area contributed by atoms with Crippen LogP contribution in [0.25, 0.3) is 10.9 Å². The van der Waals surface area contributed by atoms with Crippen LogP contribution in [0.3, 0.4) is 0 Å². The molecule has 1 amide bonds. The third-order valence-corrected chi connectivity index (χ3v) is 3.46. The number of H-pyrrole nitrogens is 1. The zero-order chi connectivity index (χ0) is 14.1. The van der Waals surface area contributed by atoms with Crippen LogP contribution in [0.1, 0.15) is 16.1 Å². The average Bonchev–Trinajstić information content (AvgIpc) is 2.87. The molecule has 3 rings (SSSR count). The molecule has 2 aromatic carbocycles. The number of carbonyl (C=O) groups excluding carboxylic acids is 1. The number of hydrogen-bond acceptors (Lipinski definition) is 2. The monoisotopic (exact) mass is 285 g/mol. The van der Waals surface area contributed by atoms with Gasteiger partial charge in [0.1, 0.15) is 0 Å². The van der Waals surface area contributed by atoms with Gasteiger partial charge in [0.2, 0.25) is 0 Å². The smallest absolute Gasteiger partial charge is 0.276 e. The number of amides is 1. The van der Waals surface area contributed by atoms with E-state index in [2.05, 4.69) is 15.5 Å². The number of fused-ring (bicyclic) bond motifs is 1. The van der Waals surface area contributed by atoms with Gasteiger partial charge < -0.3 is 5.32 Å². The van der Waals surface area contributed by atoms with Crippen molar-refractivity contribution < 1.29 is 4.79 Å². The molecule has 0 unspecified atom stereocenters. The van der Waals surface area contributed by atoms with Crippen LogP contribution in [0.5, 0.6) is 0 Å². The molecule has 0 saturated heterocycles. The molecule has 0 saturated carbocycles. The highest BCUT2D eigenvalue weighted by molar-refractivity contribution is 6.34. The lowest BCUT2D eigenvalue weighted by atomic mass is 10.1. The highest BCUT2D eigenvalue weighted by Gasteiger charge is 2.15. The third-order valence-electron chi connectivity index (χ3n) is 3.15. The van der Waals surface area contributed by atoms with Crippen molar-refractivity contribution in [2.45, 2.75) is 6.92 Å². The molecule has 0 spiro atoms. The maximum atomic E-state index is 12.3. The van der Waals surface area contributed by atoms with Crippen molar-refractivity contribution >= 4 is 34.1 Å². The van der Waals surface area contributed by atoms with Crippen LogP contribution in [0.4, 0.5) is 5.69 Å². The van der Waals surface area contributed by atoms with E-state index in [4.69, 9.17) is 11.6 Å². The second-order valence-corrected chi connectivity index (χ2v) is 4.91. The molecule has 4 nitrogen and oxygen atoms in total. The molecule has 0 radical (unpaired) electrons. The molecule has 0 fully saturated rings. The predicted molar refractivity (Wildman–Crippen MR) is 80.2 cm³/mol. The summed E-state index contributed by atoms with van der Waals surface area (Å²) in [5, 5.41) is 11.0. The van der Waals surface area contributed by atoms with Gasteiger partial charge in [-0.1, -0.05) is 41.9 Å². The largest absolute Gasteiger partial charge is 0.319 e. The maximum absolute atomic E-state index is 12.3. The summed E-state index contributed by atoms with van der Waals surface area (Å²) in [4.78, 5) is 12.3. The maximum Gasteiger partial charge on any atom is 0.276 e. The van der Waals surface area contributed by atoms with Crippen molar-refractivity contribution in [3.05, 3.63) is 58.7 Å². The fourth-order valence-electron chi connectivity index (χ4n) is 2.10. The van der Waals surface area contributed by atoms with Gasteiger partial charge in [0, 0.05) is 5.39 Å². The molecular formula is C15H12ClN3O. The van der Waals surface area contributed by atoms with Crippen LogP contribution < -0.4 is 5.32 Å². The SMILES string of the molecule is Cc1cccc(Cl)c1NC(=O)c1n[nH]c2ccccc12. The molecule has 0 bridgehead atoms. The fraction of sp³-hybridized carbons (Fsp3) is 0.0667. The van der Waals surface area contributed by atoms with Gasteiger partial charge >= 0.3 is 0 Å². The number of aromatic amines is 1. The number of anilines is 1. The van der Waals surface area contributed by atoms with E-state index in [1.807, 2.05) is 43.3 Å². The summed E-state index contributed by atoms with van der Waals surface area (Å²) in [6.45, 7) is 1.89. The molecule has 1 aromatic heterocycles. The Hall–Kier alpha value is -2.33. The Bertz CT molecular complexity index is 774. The van der Waals surface area contributed by atoms with Gasteiger partial charge in [-0.3, -0.25) is 9.89 Å². The van der Waals surface area contributed by atoms with E-state index < -0.39 is 0 Å². The van der Waals surface area contributed by atoms with Crippen LogP contribution in [-0.4, -0.2) is 16.1 Å². The zero-order valence-electron chi connectivity index (χ0n) is 10.8. The predicted octanol–water partition coefficient (Wildman–Crippen LogP) is 3.78. The van der Waals surface area contributed by atoms with Gasteiger partial charge in [-0.2, -0.15) is 5.10 Å². The molecule has 3 aromatic rings. The molecule has 1 heterocycles. The number of nitrogens with one attached hydrogen (secondary N) is 2. The molecule has 0 aliphatic carbocycles. The Labute approximate surface area is 120 Å². The quantitative estimate of drug-likeness (QED) is 0.753. The number of para-hydroxylation sites is 2. The first kappa shape index (κ1) is 12.7. The highest BCUT2D eigenvalue weighted by Crippen LogP contribution is 2.26. The molecule has 5 heteroatoms. The molecular weight excluding hydrogens is 274 g/mol. The van der Waals surface area contributed by atoms with Crippen molar-refractivity contribution in [2.75, 3.05) is 5.32 Å². The second kappa shape index (κ2) is 4.98. The molecule has 20 heavy (non-hydrogen) atoms. The van der Waals surface area contributed by atoms with Gasteiger partial charge in [-0.05, 0) is 24.6 Å². The van der Waals surface area contributed by atoms with Crippen molar-refractivity contribution in [1.29, 1.82) is 0 Å². The van der Waals surface area contributed by atoms with Gasteiger partial charge in [0.05, 0.1) is 16.2 Å². The normalized spacial score (nSPS) is 10.7. The summed E-state index contributed by atoms with van der Waals surface area (Å²) in [5.74, 6) is -0.279. The minimum atomic E-state index is -0.279. The first-order valence-electron chi connectivity index (χ1n) is 6.16. The summed E-state index contributed by atoms with van der Waals surface area (Å²) < 4.78 is 0. The first-order chi connectivity index (χ1) is 9.66. The van der Waals surface area contributed by atoms with E-state index in [1.54, 1.807) is 6.07 Å². The minimum Gasteiger partial charge on any atom is -0.319 e. The number of benzene rings is 2. The van der Waals surface area contributed by atoms with Crippen LogP contribution in [0.15, 0.2) is 42.5 Å². The summed E-state index contributed by atoms with van der Waals surface area (Å²) in [5.41, 5.74) is 2.71. The van der Waals surface area contributed by atoms with Crippen molar-refractivity contribution in [3.63, 3.8) is 0 Å². The topological polar surface area (TPSA) is 57.8 Å².